The fourth-order valence-corrected chi connectivity index (χ4v) is 3.88. The van der Waals surface area contributed by atoms with E-state index in [9.17, 15) is 4.79 Å². The lowest BCUT2D eigenvalue weighted by Crippen LogP contribution is -2.34. The van der Waals surface area contributed by atoms with Gasteiger partial charge in [0.2, 0.25) is 5.91 Å². The molecule has 0 aliphatic heterocycles. The van der Waals surface area contributed by atoms with Gasteiger partial charge in [-0.1, -0.05) is 37.3 Å². The van der Waals surface area contributed by atoms with Gasteiger partial charge >= 0.3 is 0 Å². The van der Waals surface area contributed by atoms with Crippen molar-refractivity contribution in [2.75, 3.05) is 13.1 Å². The Hall–Kier alpha value is -2.14. The molecule has 0 saturated heterocycles. The van der Waals surface area contributed by atoms with Crippen LogP contribution < -0.4 is 5.32 Å². The number of hydrogen-bond acceptors (Lipinski definition) is 3. The van der Waals surface area contributed by atoms with Crippen LogP contribution in [0.4, 0.5) is 0 Å². The van der Waals surface area contributed by atoms with Gasteiger partial charge in [0, 0.05) is 31.9 Å². The minimum atomic E-state index is 0.0482. The fourth-order valence-electron chi connectivity index (χ4n) is 3.88. The molecule has 0 spiro atoms. The van der Waals surface area contributed by atoms with Crippen molar-refractivity contribution in [3.8, 4) is 0 Å². The van der Waals surface area contributed by atoms with Crippen LogP contribution in [0.1, 0.15) is 50.4 Å². The van der Waals surface area contributed by atoms with Gasteiger partial charge in [0.25, 0.3) is 0 Å². The molecule has 0 bridgehead atoms. The summed E-state index contributed by atoms with van der Waals surface area (Å²) in [6, 6.07) is 11.0. The van der Waals surface area contributed by atoms with E-state index in [1.54, 1.807) is 0 Å². The van der Waals surface area contributed by atoms with Gasteiger partial charge in [-0.15, -0.1) is 0 Å². The molecule has 0 radical (unpaired) electrons. The van der Waals surface area contributed by atoms with Gasteiger partial charge in [-0.3, -0.25) is 14.4 Å². The van der Waals surface area contributed by atoms with Gasteiger partial charge in [-0.2, -0.15) is 5.10 Å². The number of fused-ring (bicyclic) bond motifs is 1. The first-order chi connectivity index (χ1) is 13.5. The normalized spacial score (nSPS) is 16.4. The zero-order valence-corrected chi connectivity index (χ0v) is 17.5. The van der Waals surface area contributed by atoms with Crippen LogP contribution in [-0.4, -0.2) is 39.7 Å². The third-order valence-corrected chi connectivity index (χ3v) is 5.58. The fraction of sp³-hybridized carbons (Fsp3) is 0.565. The summed E-state index contributed by atoms with van der Waals surface area (Å²) in [6.07, 6.45) is 6.33. The highest BCUT2D eigenvalue weighted by Gasteiger charge is 2.19. The topological polar surface area (TPSA) is 50.2 Å². The number of amides is 1. The number of carbonyl (C=O) groups excluding carboxylic acids is 1. The van der Waals surface area contributed by atoms with Gasteiger partial charge in [0.15, 0.2) is 0 Å². The Bertz CT molecular complexity index is 753. The summed E-state index contributed by atoms with van der Waals surface area (Å²) in [4.78, 5) is 14.7. The second kappa shape index (κ2) is 9.87. The second-order valence-corrected chi connectivity index (χ2v) is 8.40. The quantitative estimate of drug-likeness (QED) is 0.676. The summed E-state index contributed by atoms with van der Waals surface area (Å²) >= 11 is 0. The minimum Gasteiger partial charge on any atom is -0.354 e. The highest BCUT2D eigenvalue weighted by Crippen LogP contribution is 2.23. The van der Waals surface area contributed by atoms with Crippen LogP contribution in [0.2, 0.25) is 0 Å². The van der Waals surface area contributed by atoms with Crippen LogP contribution in [0.25, 0.3) is 0 Å². The molecule has 0 saturated carbocycles. The third-order valence-electron chi connectivity index (χ3n) is 5.58. The van der Waals surface area contributed by atoms with Crippen LogP contribution >= 0.6 is 0 Å². The first kappa shape index (κ1) is 20.6. The Morgan fingerprint density at radius 2 is 2.11 bits per heavy atom. The summed E-state index contributed by atoms with van der Waals surface area (Å²) in [6.45, 7) is 9.67. The molecular weight excluding hydrogens is 348 g/mol. The number of benzene rings is 1. The Labute approximate surface area is 169 Å². The van der Waals surface area contributed by atoms with Crippen molar-refractivity contribution in [1.29, 1.82) is 0 Å². The van der Waals surface area contributed by atoms with E-state index in [4.69, 9.17) is 0 Å². The summed E-state index contributed by atoms with van der Waals surface area (Å²) < 4.78 is 1.81. The number of nitrogens with zero attached hydrogens (tertiary/aromatic N) is 3. The maximum atomic E-state index is 12.3. The Morgan fingerprint density at radius 3 is 2.86 bits per heavy atom. The van der Waals surface area contributed by atoms with E-state index in [0.29, 0.717) is 19.1 Å². The molecule has 3 rings (SSSR count). The van der Waals surface area contributed by atoms with E-state index < -0.39 is 0 Å². The van der Waals surface area contributed by atoms with Crippen molar-refractivity contribution >= 4 is 5.91 Å². The lowest BCUT2D eigenvalue weighted by Gasteiger charge is -2.26. The molecule has 1 aromatic carbocycles. The van der Waals surface area contributed by atoms with Gasteiger partial charge in [0.1, 0.15) is 6.54 Å². The van der Waals surface area contributed by atoms with E-state index in [1.807, 2.05) is 4.68 Å². The van der Waals surface area contributed by atoms with Crippen LogP contribution in [-0.2, 0) is 30.7 Å². The van der Waals surface area contributed by atoms with Crippen molar-refractivity contribution in [1.82, 2.24) is 20.0 Å². The molecule has 1 heterocycles. The summed E-state index contributed by atoms with van der Waals surface area (Å²) in [7, 11) is 0. The minimum absolute atomic E-state index is 0.0482. The molecule has 1 aliphatic rings. The molecule has 0 unspecified atom stereocenters. The van der Waals surface area contributed by atoms with Gasteiger partial charge < -0.3 is 5.32 Å². The van der Waals surface area contributed by atoms with Gasteiger partial charge in [0.05, 0.1) is 5.69 Å². The van der Waals surface area contributed by atoms with E-state index in [1.165, 1.54) is 23.2 Å². The number of carbonyl (C=O) groups is 1. The first-order valence-electron chi connectivity index (χ1n) is 10.6. The van der Waals surface area contributed by atoms with Gasteiger partial charge in [-0.05, 0) is 56.6 Å². The molecule has 1 aromatic heterocycles. The number of nitrogens with one attached hydrogen (secondary N) is 1. The van der Waals surface area contributed by atoms with Crippen LogP contribution in [0.3, 0.4) is 0 Å². The van der Waals surface area contributed by atoms with Crippen molar-refractivity contribution < 1.29 is 4.79 Å². The molecule has 5 heteroatoms. The molecule has 28 heavy (non-hydrogen) atoms. The third kappa shape index (κ3) is 5.93. The van der Waals surface area contributed by atoms with Crippen molar-refractivity contribution in [3.05, 3.63) is 53.3 Å². The second-order valence-electron chi connectivity index (χ2n) is 8.40. The van der Waals surface area contributed by atoms with Gasteiger partial charge in [-0.25, -0.2) is 0 Å². The number of aryl methyl sites for hydroxylation is 1. The average Bonchev–Trinajstić information content (AvgIpc) is 3.06. The molecule has 2 aromatic rings. The zero-order chi connectivity index (χ0) is 19.9. The first-order valence-corrected chi connectivity index (χ1v) is 10.6. The molecular formula is C23H34N4O. The summed E-state index contributed by atoms with van der Waals surface area (Å²) in [5.74, 6) is 0.769. The van der Waals surface area contributed by atoms with Crippen molar-refractivity contribution in [2.24, 2.45) is 5.92 Å². The Kier molecular flexibility index (Phi) is 7.26. The van der Waals surface area contributed by atoms with Crippen molar-refractivity contribution in [3.63, 3.8) is 0 Å². The lowest BCUT2D eigenvalue weighted by atomic mass is 9.89. The van der Waals surface area contributed by atoms with E-state index in [2.05, 4.69) is 72.6 Å². The maximum absolute atomic E-state index is 12.3. The standard InChI is InChI=1S/C23H34N4O/c1-18(2)26(15-20-8-5-4-6-9-20)13-7-12-24-23(28)17-27-16-21-14-19(3)10-11-22(21)25-27/h4-6,8-9,16,18-19H,7,10-15,17H2,1-3H3,(H,24,28)/t19-/m1/s1. The smallest absolute Gasteiger partial charge is 0.241 e. The number of hydrogen-bond donors (Lipinski definition) is 1. The molecule has 152 valence electrons. The van der Waals surface area contributed by atoms with Crippen LogP contribution in [0, 0.1) is 5.92 Å². The highest BCUT2D eigenvalue weighted by atomic mass is 16.2. The molecule has 1 amide bonds. The molecule has 1 atom stereocenters. The molecule has 5 nitrogen and oxygen atoms in total. The predicted molar refractivity (Wildman–Crippen MR) is 113 cm³/mol. The van der Waals surface area contributed by atoms with E-state index in [0.717, 1.165) is 38.3 Å². The molecule has 0 fully saturated rings. The van der Waals surface area contributed by atoms with Crippen LogP contribution in [0.15, 0.2) is 36.5 Å². The highest BCUT2D eigenvalue weighted by molar-refractivity contribution is 5.75. The Balaban J connectivity index is 1.40. The molecule has 1 aliphatic carbocycles. The van der Waals surface area contributed by atoms with E-state index >= 15 is 0 Å². The van der Waals surface area contributed by atoms with E-state index in [-0.39, 0.29) is 5.91 Å². The predicted octanol–water partition coefficient (Wildman–Crippen LogP) is 3.42. The average molecular weight is 383 g/mol. The molecule has 1 N–H and O–H groups in total. The summed E-state index contributed by atoms with van der Waals surface area (Å²) in [5, 5.41) is 7.65. The van der Waals surface area contributed by atoms with Crippen LogP contribution in [0.5, 0.6) is 0 Å². The largest absolute Gasteiger partial charge is 0.354 e. The summed E-state index contributed by atoms with van der Waals surface area (Å²) in [5.41, 5.74) is 3.83. The monoisotopic (exact) mass is 382 g/mol. The zero-order valence-electron chi connectivity index (χ0n) is 17.5. The number of aromatic nitrogens is 2. The maximum Gasteiger partial charge on any atom is 0.241 e. The number of rotatable bonds is 9. The Morgan fingerprint density at radius 1 is 1.32 bits per heavy atom. The van der Waals surface area contributed by atoms with Crippen molar-refractivity contribution in [2.45, 2.75) is 65.6 Å². The lowest BCUT2D eigenvalue weighted by molar-refractivity contribution is -0.121. The SMILES string of the molecule is CC(C)N(CCCNC(=O)Cn1cc2c(n1)CC[C@@H](C)C2)Cc1ccccc1.